The third kappa shape index (κ3) is 2.86. The van der Waals surface area contributed by atoms with Crippen LogP contribution in [0.1, 0.15) is 19.4 Å². The first-order valence-electron chi connectivity index (χ1n) is 5.17. The molecule has 0 fully saturated rings. The molecular weight excluding hydrogens is 264 g/mol. The van der Waals surface area contributed by atoms with Crippen LogP contribution in [0.15, 0.2) is 35.3 Å². The highest BCUT2D eigenvalue weighted by molar-refractivity contribution is 9.10. The molecule has 0 aliphatic rings. The van der Waals surface area contributed by atoms with Crippen LogP contribution in [0.4, 0.5) is 5.69 Å². The lowest BCUT2D eigenvalue weighted by molar-refractivity contribution is 0.723. The molecule has 2 nitrogen and oxygen atoms in total. The number of benzene rings is 1. The van der Waals surface area contributed by atoms with Gasteiger partial charge in [-0.3, -0.25) is 0 Å². The van der Waals surface area contributed by atoms with Gasteiger partial charge < -0.3 is 4.90 Å². The van der Waals surface area contributed by atoms with Gasteiger partial charge in [0.1, 0.15) is 6.07 Å². The summed E-state index contributed by atoms with van der Waals surface area (Å²) < 4.78 is 0.835. The Bertz CT molecular complexity index is 418. The van der Waals surface area contributed by atoms with Gasteiger partial charge in [0.15, 0.2) is 0 Å². The third-order valence-corrected chi connectivity index (χ3v) is 3.01. The second-order valence-electron chi connectivity index (χ2n) is 3.81. The normalized spacial score (nSPS) is 9.94. The van der Waals surface area contributed by atoms with Gasteiger partial charge in [-0.25, -0.2) is 0 Å². The largest absolute Gasteiger partial charge is 0.365 e. The molecule has 1 aromatic rings. The van der Waals surface area contributed by atoms with Gasteiger partial charge >= 0.3 is 0 Å². The van der Waals surface area contributed by atoms with Gasteiger partial charge in [0.25, 0.3) is 0 Å². The Morgan fingerprint density at radius 1 is 1.56 bits per heavy atom. The van der Waals surface area contributed by atoms with Gasteiger partial charge in [-0.15, -0.1) is 6.58 Å². The van der Waals surface area contributed by atoms with E-state index in [1.165, 1.54) is 0 Å². The van der Waals surface area contributed by atoms with E-state index >= 15 is 0 Å². The summed E-state index contributed by atoms with van der Waals surface area (Å²) in [5.74, 6) is 0. The van der Waals surface area contributed by atoms with Gasteiger partial charge in [-0.2, -0.15) is 5.26 Å². The number of nitriles is 1. The molecule has 0 amide bonds. The van der Waals surface area contributed by atoms with Gasteiger partial charge in [0.05, 0.1) is 5.56 Å². The SMILES string of the molecule is C=CCN(c1ccc(C#N)c(Br)c1)C(C)C. The first-order chi connectivity index (χ1) is 7.60. The Morgan fingerprint density at radius 2 is 2.25 bits per heavy atom. The number of rotatable bonds is 4. The zero-order chi connectivity index (χ0) is 12.1. The Balaban J connectivity index is 3.07. The summed E-state index contributed by atoms with van der Waals surface area (Å²) in [5, 5.41) is 8.85. The molecular formula is C13H15BrN2. The second kappa shape index (κ2) is 5.72. The predicted octanol–water partition coefficient (Wildman–Crippen LogP) is 3.72. The Labute approximate surface area is 105 Å². The summed E-state index contributed by atoms with van der Waals surface area (Å²) in [6, 6.07) is 8.31. The average Bonchev–Trinajstić information content (AvgIpc) is 2.25. The van der Waals surface area contributed by atoms with Gasteiger partial charge in [0.2, 0.25) is 0 Å². The van der Waals surface area contributed by atoms with Crippen molar-refractivity contribution in [3.05, 3.63) is 40.9 Å². The lowest BCUT2D eigenvalue weighted by Gasteiger charge is -2.28. The molecule has 84 valence electrons. The molecule has 0 atom stereocenters. The zero-order valence-electron chi connectivity index (χ0n) is 9.57. The molecule has 3 heteroatoms. The van der Waals surface area contributed by atoms with Crippen molar-refractivity contribution >= 4 is 21.6 Å². The first-order valence-corrected chi connectivity index (χ1v) is 5.96. The predicted molar refractivity (Wildman–Crippen MR) is 71.5 cm³/mol. The van der Waals surface area contributed by atoms with E-state index in [0.717, 1.165) is 16.7 Å². The molecule has 1 rings (SSSR count). The fourth-order valence-corrected chi connectivity index (χ4v) is 1.98. The molecule has 0 radical (unpaired) electrons. The van der Waals surface area contributed by atoms with Crippen molar-refractivity contribution in [2.75, 3.05) is 11.4 Å². The molecule has 0 saturated carbocycles. The summed E-state index contributed by atoms with van der Waals surface area (Å²) in [6.45, 7) is 8.83. The first kappa shape index (κ1) is 12.8. The van der Waals surface area contributed by atoms with Crippen molar-refractivity contribution in [2.45, 2.75) is 19.9 Å². The minimum Gasteiger partial charge on any atom is -0.365 e. The molecule has 0 spiro atoms. The van der Waals surface area contributed by atoms with E-state index in [-0.39, 0.29) is 0 Å². The average molecular weight is 279 g/mol. The highest BCUT2D eigenvalue weighted by Gasteiger charge is 2.10. The van der Waals surface area contributed by atoms with Crippen LogP contribution < -0.4 is 4.90 Å². The van der Waals surface area contributed by atoms with E-state index in [2.05, 4.69) is 47.3 Å². The number of nitrogens with zero attached hydrogens (tertiary/aromatic N) is 2. The van der Waals surface area contributed by atoms with Crippen molar-refractivity contribution in [3.8, 4) is 6.07 Å². The van der Waals surface area contributed by atoms with Crippen molar-refractivity contribution in [2.24, 2.45) is 0 Å². The van der Waals surface area contributed by atoms with Crippen LogP contribution in [-0.4, -0.2) is 12.6 Å². The Morgan fingerprint density at radius 3 is 2.69 bits per heavy atom. The molecule has 16 heavy (non-hydrogen) atoms. The maximum atomic E-state index is 8.85. The summed E-state index contributed by atoms with van der Waals surface area (Å²) in [6.07, 6.45) is 1.88. The highest BCUT2D eigenvalue weighted by atomic mass is 79.9. The van der Waals surface area contributed by atoms with E-state index in [1.54, 1.807) is 0 Å². The fourth-order valence-electron chi connectivity index (χ4n) is 1.53. The monoisotopic (exact) mass is 278 g/mol. The molecule has 0 aromatic heterocycles. The maximum Gasteiger partial charge on any atom is 0.100 e. The lowest BCUT2D eigenvalue weighted by atomic mass is 10.2. The Hall–Kier alpha value is -1.27. The molecule has 0 bridgehead atoms. The van der Waals surface area contributed by atoms with Crippen molar-refractivity contribution in [1.82, 2.24) is 0 Å². The standard InChI is InChI=1S/C13H15BrN2/c1-4-7-16(10(2)3)12-6-5-11(9-15)13(14)8-12/h4-6,8,10H,1,7H2,2-3H3. The molecule has 0 heterocycles. The van der Waals surface area contributed by atoms with Crippen LogP contribution in [0.5, 0.6) is 0 Å². The van der Waals surface area contributed by atoms with Crippen LogP contribution >= 0.6 is 15.9 Å². The molecule has 1 aromatic carbocycles. The topological polar surface area (TPSA) is 27.0 Å². The van der Waals surface area contributed by atoms with E-state index in [4.69, 9.17) is 5.26 Å². The third-order valence-electron chi connectivity index (χ3n) is 2.35. The second-order valence-corrected chi connectivity index (χ2v) is 4.67. The summed E-state index contributed by atoms with van der Waals surface area (Å²) in [5.41, 5.74) is 1.76. The number of anilines is 1. The molecule has 0 aliphatic carbocycles. The Kier molecular flexibility index (Phi) is 4.57. The van der Waals surface area contributed by atoms with Crippen LogP contribution in [0.25, 0.3) is 0 Å². The van der Waals surface area contributed by atoms with Gasteiger partial charge in [-0.05, 0) is 48.0 Å². The van der Waals surface area contributed by atoms with E-state index in [1.807, 2.05) is 24.3 Å². The fraction of sp³-hybridized carbons (Fsp3) is 0.308. The van der Waals surface area contributed by atoms with Crippen molar-refractivity contribution in [1.29, 1.82) is 5.26 Å². The van der Waals surface area contributed by atoms with Crippen LogP contribution in [0, 0.1) is 11.3 Å². The van der Waals surface area contributed by atoms with E-state index in [9.17, 15) is 0 Å². The lowest BCUT2D eigenvalue weighted by Crippen LogP contribution is -2.30. The molecule has 0 aliphatic heterocycles. The molecule has 0 N–H and O–H groups in total. The minimum atomic E-state index is 0.401. The van der Waals surface area contributed by atoms with Crippen molar-refractivity contribution < 1.29 is 0 Å². The summed E-state index contributed by atoms with van der Waals surface area (Å²) in [4.78, 5) is 2.22. The smallest absolute Gasteiger partial charge is 0.100 e. The van der Waals surface area contributed by atoms with Gasteiger partial charge in [-0.1, -0.05) is 6.08 Å². The number of halogens is 1. The maximum absolute atomic E-state index is 8.85. The van der Waals surface area contributed by atoms with Crippen LogP contribution in [-0.2, 0) is 0 Å². The summed E-state index contributed by atoms with van der Waals surface area (Å²) >= 11 is 3.40. The highest BCUT2D eigenvalue weighted by Crippen LogP contribution is 2.24. The van der Waals surface area contributed by atoms with E-state index in [0.29, 0.717) is 11.6 Å². The number of hydrogen-bond donors (Lipinski definition) is 0. The zero-order valence-corrected chi connectivity index (χ0v) is 11.2. The van der Waals surface area contributed by atoms with Crippen LogP contribution in [0.2, 0.25) is 0 Å². The molecule has 0 saturated heterocycles. The van der Waals surface area contributed by atoms with Gasteiger partial charge in [0, 0.05) is 22.7 Å². The minimum absolute atomic E-state index is 0.401. The van der Waals surface area contributed by atoms with Crippen LogP contribution in [0.3, 0.4) is 0 Å². The molecule has 0 unspecified atom stereocenters. The summed E-state index contributed by atoms with van der Waals surface area (Å²) in [7, 11) is 0. The number of hydrogen-bond acceptors (Lipinski definition) is 2. The van der Waals surface area contributed by atoms with E-state index < -0.39 is 0 Å². The van der Waals surface area contributed by atoms with Crippen molar-refractivity contribution in [3.63, 3.8) is 0 Å². The quantitative estimate of drug-likeness (QED) is 0.785.